The molecule has 0 amide bonds. The van der Waals surface area contributed by atoms with Gasteiger partial charge in [0, 0.05) is 13.5 Å². The number of ether oxygens (including phenoxy) is 1. The van der Waals surface area contributed by atoms with Gasteiger partial charge in [0.25, 0.3) is 0 Å². The molecule has 0 saturated heterocycles. The van der Waals surface area contributed by atoms with Gasteiger partial charge >= 0.3 is 0 Å². The summed E-state index contributed by atoms with van der Waals surface area (Å²) in [5.41, 5.74) is 0.798. The highest BCUT2D eigenvalue weighted by Gasteiger charge is 2.16. The van der Waals surface area contributed by atoms with Gasteiger partial charge in [-0.3, -0.25) is 0 Å². The number of methoxy groups -OCH3 is 1. The Morgan fingerprint density at radius 2 is 1.76 bits per heavy atom. The summed E-state index contributed by atoms with van der Waals surface area (Å²) in [4.78, 5) is 0. The van der Waals surface area contributed by atoms with E-state index in [1.807, 2.05) is 42.5 Å². The van der Waals surface area contributed by atoms with Crippen LogP contribution in [0.2, 0.25) is 0 Å². The molecular formula is C14H14F2O. The van der Waals surface area contributed by atoms with E-state index in [0.717, 1.165) is 16.3 Å². The molecule has 3 heteroatoms. The van der Waals surface area contributed by atoms with Gasteiger partial charge in [0.2, 0.25) is 6.43 Å². The van der Waals surface area contributed by atoms with Crippen molar-refractivity contribution < 1.29 is 13.5 Å². The van der Waals surface area contributed by atoms with Crippen molar-refractivity contribution in [2.24, 2.45) is 0 Å². The van der Waals surface area contributed by atoms with E-state index < -0.39 is 12.5 Å². The Bertz CT molecular complexity index is 496. The maximum absolute atomic E-state index is 12.4. The van der Waals surface area contributed by atoms with Gasteiger partial charge in [-0.15, -0.1) is 0 Å². The zero-order chi connectivity index (χ0) is 12.3. The van der Waals surface area contributed by atoms with E-state index in [2.05, 4.69) is 0 Å². The van der Waals surface area contributed by atoms with Gasteiger partial charge in [0.05, 0.1) is 6.10 Å². The van der Waals surface area contributed by atoms with Crippen LogP contribution in [-0.4, -0.2) is 13.5 Å². The Hall–Kier alpha value is -1.48. The van der Waals surface area contributed by atoms with Gasteiger partial charge in [-0.05, 0) is 22.4 Å². The summed E-state index contributed by atoms with van der Waals surface area (Å²) < 4.78 is 29.9. The highest BCUT2D eigenvalue weighted by atomic mass is 19.3. The Morgan fingerprint density at radius 3 is 2.41 bits per heavy atom. The summed E-state index contributed by atoms with van der Waals surface area (Å²) in [6.45, 7) is 0. The Balaban J connectivity index is 2.34. The molecule has 0 N–H and O–H groups in total. The molecule has 2 aromatic rings. The van der Waals surface area contributed by atoms with Gasteiger partial charge in [-0.2, -0.15) is 0 Å². The van der Waals surface area contributed by atoms with E-state index >= 15 is 0 Å². The summed E-state index contributed by atoms with van der Waals surface area (Å²) in [5, 5.41) is 2.14. The highest BCUT2D eigenvalue weighted by molar-refractivity contribution is 5.83. The van der Waals surface area contributed by atoms with Gasteiger partial charge < -0.3 is 4.74 Å². The molecule has 90 valence electrons. The lowest BCUT2D eigenvalue weighted by Gasteiger charge is -2.15. The molecule has 0 aliphatic heterocycles. The van der Waals surface area contributed by atoms with Crippen LogP contribution in [-0.2, 0) is 4.74 Å². The predicted octanol–water partition coefficient (Wildman–Crippen LogP) is 4.18. The molecule has 0 aromatic heterocycles. The maximum atomic E-state index is 12.4. The van der Waals surface area contributed by atoms with E-state index in [1.165, 1.54) is 7.11 Å². The second-order valence-electron chi connectivity index (χ2n) is 3.96. The first-order valence-corrected chi connectivity index (χ1v) is 5.50. The standard InChI is InChI=1S/C14H14F2O/c1-17-13(9-14(15)16)12-7-6-10-4-2-3-5-11(10)8-12/h2-8,13-14H,9H2,1H3. The van der Waals surface area contributed by atoms with Crippen molar-refractivity contribution in [1.29, 1.82) is 0 Å². The number of hydrogen-bond acceptors (Lipinski definition) is 1. The summed E-state index contributed by atoms with van der Waals surface area (Å²) in [5.74, 6) is 0. The first-order valence-electron chi connectivity index (χ1n) is 5.50. The molecule has 17 heavy (non-hydrogen) atoms. The Morgan fingerprint density at radius 1 is 1.06 bits per heavy atom. The third kappa shape index (κ3) is 2.80. The van der Waals surface area contributed by atoms with Crippen LogP contribution in [0.15, 0.2) is 42.5 Å². The van der Waals surface area contributed by atoms with Crippen LogP contribution in [0.1, 0.15) is 18.1 Å². The maximum Gasteiger partial charge on any atom is 0.241 e. The predicted molar refractivity (Wildman–Crippen MR) is 64.3 cm³/mol. The topological polar surface area (TPSA) is 9.23 Å². The zero-order valence-corrected chi connectivity index (χ0v) is 9.57. The van der Waals surface area contributed by atoms with E-state index in [-0.39, 0.29) is 6.42 Å². The fraction of sp³-hybridized carbons (Fsp3) is 0.286. The molecule has 0 heterocycles. The van der Waals surface area contributed by atoms with Crippen LogP contribution >= 0.6 is 0 Å². The van der Waals surface area contributed by atoms with Crippen LogP contribution in [0.25, 0.3) is 10.8 Å². The van der Waals surface area contributed by atoms with Crippen LogP contribution in [0, 0.1) is 0 Å². The number of hydrogen-bond donors (Lipinski definition) is 0. The third-order valence-corrected chi connectivity index (χ3v) is 2.82. The molecule has 0 aliphatic carbocycles. The molecule has 2 aromatic carbocycles. The van der Waals surface area contributed by atoms with Crippen LogP contribution < -0.4 is 0 Å². The normalized spacial score (nSPS) is 13.2. The average molecular weight is 236 g/mol. The van der Waals surface area contributed by atoms with Crippen LogP contribution in [0.4, 0.5) is 8.78 Å². The highest BCUT2D eigenvalue weighted by Crippen LogP contribution is 2.26. The number of benzene rings is 2. The van der Waals surface area contributed by atoms with Gasteiger partial charge in [-0.1, -0.05) is 36.4 Å². The summed E-state index contributed by atoms with van der Waals surface area (Å²) in [6, 6.07) is 13.5. The number of rotatable bonds is 4. The van der Waals surface area contributed by atoms with Crippen molar-refractivity contribution in [3.63, 3.8) is 0 Å². The third-order valence-electron chi connectivity index (χ3n) is 2.82. The molecule has 0 radical (unpaired) electrons. The quantitative estimate of drug-likeness (QED) is 0.773. The molecule has 2 rings (SSSR count). The molecule has 0 spiro atoms. The molecule has 0 bridgehead atoms. The van der Waals surface area contributed by atoms with Crippen LogP contribution in [0.5, 0.6) is 0 Å². The fourth-order valence-corrected chi connectivity index (χ4v) is 1.94. The number of fused-ring (bicyclic) bond motifs is 1. The molecule has 0 saturated carbocycles. The van der Waals surface area contributed by atoms with Gasteiger partial charge in [0.15, 0.2) is 0 Å². The lowest BCUT2D eigenvalue weighted by molar-refractivity contribution is 0.0305. The largest absolute Gasteiger partial charge is 0.377 e. The SMILES string of the molecule is COC(CC(F)F)c1ccc2ccccc2c1. The first kappa shape index (κ1) is 12.0. The van der Waals surface area contributed by atoms with Gasteiger partial charge in [-0.25, -0.2) is 8.78 Å². The molecule has 1 unspecified atom stereocenters. The Labute approximate surface area is 99.0 Å². The monoisotopic (exact) mass is 236 g/mol. The van der Waals surface area contributed by atoms with E-state index in [0.29, 0.717) is 0 Å². The number of halogens is 2. The van der Waals surface area contributed by atoms with Crippen molar-refractivity contribution in [2.45, 2.75) is 19.0 Å². The molecule has 0 fully saturated rings. The number of alkyl halides is 2. The van der Waals surface area contributed by atoms with E-state index in [1.54, 1.807) is 0 Å². The Kier molecular flexibility index (Phi) is 3.69. The first-order chi connectivity index (χ1) is 8.20. The molecule has 1 atom stereocenters. The summed E-state index contributed by atoms with van der Waals surface area (Å²) in [7, 11) is 1.46. The fourth-order valence-electron chi connectivity index (χ4n) is 1.94. The van der Waals surface area contributed by atoms with Crippen molar-refractivity contribution in [2.75, 3.05) is 7.11 Å². The smallest absolute Gasteiger partial charge is 0.241 e. The molecule has 0 aliphatic rings. The zero-order valence-electron chi connectivity index (χ0n) is 9.57. The van der Waals surface area contributed by atoms with Crippen LogP contribution in [0.3, 0.4) is 0 Å². The van der Waals surface area contributed by atoms with E-state index in [4.69, 9.17) is 4.74 Å². The second kappa shape index (κ2) is 5.23. The summed E-state index contributed by atoms with van der Waals surface area (Å²) >= 11 is 0. The minimum Gasteiger partial charge on any atom is -0.377 e. The lowest BCUT2D eigenvalue weighted by atomic mass is 10.0. The van der Waals surface area contributed by atoms with E-state index in [9.17, 15) is 8.78 Å². The van der Waals surface area contributed by atoms with Gasteiger partial charge in [0.1, 0.15) is 0 Å². The summed E-state index contributed by atoms with van der Waals surface area (Å²) in [6.07, 6.45) is -3.17. The van der Waals surface area contributed by atoms with Crippen molar-refractivity contribution in [3.05, 3.63) is 48.0 Å². The molecule has 1 nitrogen and oxygen atoms in total. The second-order valence-corrected chi connectivity index (χ2v) is 3.96. The van der Waals surface area contributed by atoms with Crippen molar-refractivity contribution in [1.82, 2.24) is 0 Å². The molecular weight excluding hydrogens is 222 g/mol. The van der Waals surface area contributed by atoms with Crippen molar-refractivity contribution in [3.8, 4) is 0 Å². The minimum absolute atomic E-state index is 0.269. The average Bonchev–Trinajstić information content (AvgIpc) is 2.35. The minimum atomic E-state index is -2.36. The van der Waals surface area contributed by atoms with Crippen molar-refractivity contribution >= 4 is 10.8 Å². The lowest BCUT2D eigenvalue weighted by Crippen LogP contribution is -2.06.